The van der Waals surface area contributed by atoms with Crippen molar-refractivity contribution in [3.05, 3.63) is 0 Å². The van der Waals surface area contributed by atoms with Crippen LogP contribution in [0.25, 0.3) is 0 Å². The van der Waals surface area contributed by atoms with Crippen molar-refractivity contribution in [2.45, 2.75) is 45.3 Å². The fraction of sp³-hybridized carbons (Fsp3) is 0.818. The fourth-order valence-electron chi connectivity index (χ4n) is 1.88. The minimum absolute atomic E-state index is 0.0511. The highest BCUT2D eigenvalue weighted by molar-refractivity contribution is 6.08. The van der Waals surface area contributed by atoms with Crippen LogP contribution in [-0.2, 0) is 9.53 Å². The zero-order valence-electron chi connectivity index (χ0n) is 10.7. The average molecular weight is 227 g/mol. The molecule has 0 radical (unpaired) electrons. The molecule has 1 atom stereocenters. The molecule has 0 aromatic carbocycles. The molecule has 0 bridgehead atoms. The van der Waals surface area contributed by atoms with Crippen LogP contribution < -0.4 is 10.6 Å². The van der Waals surface area contributed by atoms with E-state index in [1.165, 1.54) is 0 Å². The van der Waals surface area contributed by atoms with Crippen molar-refractivity contribution in [2.24, 2.45) is 4.99 Å². The normalized spacial score (nSPS) is 28.1. The van der Waals surface area contributed by atoms with Gasteiger partial charge in [0.1, 0.15) is 5.54 Å². The summed E-state index contributed by atoms with van der Waals surface area (Å²) < 4.78 is 5.35. The van der Waals surface area contributed by atoms with Crippen molar-refractivity contribution in [1.82, 2.24) is 10.6 Å². The number of amides is 1. The zero-order valence-corrected chi connectivity index (χ0v) is 10.7. The molecule has 1 heterocycles. The van der Waals surface area contributed by atoms with E-state index in [-0.39, 0.29) is 11.5 Å². The van der Waals surface area contributed by atoms with Crippen LogP contribution in [0.3, 0.4) is 0 Å². The maximum atomic E-state index is 11.9. The van der Waals surface area contributed by atoms with Crippen LogP contribution in [0.4, 0.5) is 0 Å². The van der Waals surface area contributed by atoms with Gasteiger partial charge in [0, 0.05) is 20.1 Å². The van der Waals surface area contributed by atoms with Gasteiger partial charge in [-0.25, -0.2) is 0 Å². The standard InChI is InChI=1S/C11H21N3O2/c1-6-12-9-13-8(15)11(4,14-9)7-10(2,3)16-5/h6-7H2,1-5H3,(H2,12,13,14,15). The molecule has 1 unspecified atom stereocenters. The molecule has 0 aromatic heterocycles. The molecule has 5 nitrogen and oxygen atoms in total. The highest BCUT2D eigenvalue weighted by Crippen LogP contribution is 2.25. The molecule has 0 aliphatic carbocycles. The average Bonchev–Trinajstić information content (AvgIpc) is 2.42. The minimum Gasteiger partial charge on any atom is -0.379 e. The van der Waals surface area contributed by atoms with Crippen molar-refractivity contribution >= 4 is 11.9 Å². The Hall–Kier alpha value is -1.10. The molecule has 0 saturated carbocycles. The van der Waals surface area contributed by atoms with Gasteiger partial charge in [-0.15, -0.1) is 0 Å². The Labute approximate surface area is 96.7 Å². The first-order valence-electron chi connectivity index (χ1n) is 5.52. The zero-order chi connectivity index (χ0) is 12.4. The van der Waals surface area contributed by atoms with Gasteiger partial charge in [0.25, 0.3) is 5.91 Å². The summed E-state index contributed by atoms with van der Waals surface area (Å²) in [6.07, 6.45) is 0.588. The minimum atomic E-state index is -0.645. The number of hydrogen-bond donors (Lipinski definition) is 2. The summed E-state index contributed by atoms with van der Waals surface area (Å²) in [5.74, 6) is 0.506. The van der Waals surface area contributed by atoms with Crippen LogP contribution >= 0.6 is 0 Å². The lowest BCUT2D eigenvalue weighted by Crippen LogP contribution is -2.49. The van der Waals surface area contributed by atoms with Gasteiger partial charge in [-0.05, 0) is 27.7 Å². The summed E-state index contributed by atoms with van der Waals surface area (Å²) in [7, 11) is 1.65. The quantitative estimate of drug-likeness (QED) is 0.741. The Morgan fingerprint density at radius 3 is 2.62 bits per heavy atom. The number of rotatable bonds is 4. The summed E-state index contributed by atoms with van der Waals surface area (Å²) in [5, 5.41) is 5.85. The van der Waals surface area contributed by atoms with E-state index in [0.29, 0.717) is 18.9 Å². The maximum Gasteiger partial charge on any atom is 0.252 e. The van der Waals surface area contributed by atoms with E-state index < -0.39 is 5.54 Å². The molecule has 5 heteroatoms. The third-order valence-electron chi connectivity index (χ3n) is 2.78. The first-order chi connectivity index (χ1) is 7.33. The summed E-state index contributed by atoms with van der Waals surface area (Å²) in [6.45, 7) is 8.35. The van der Waals surface area contributed by atoms with Crippen LogP contribution in [0.1, 0.15) is 34.1 Å². The highest BCUT2D eigenvalue weighted by Gasteiger charge is 2.44. The van der Waals surface area contributed by atoms with E-state index in [1.54, 1.807) is 7.11 Å². The molecule has 0 aromatic rings. The number of nitrogens with one attached hydrogen (secondary N) is 2. The van der Waals surface area contributed by atoms with E-state index in [1.807, 2.05) is 27.7 Å². The van der Waals surface area contributed by atoms with Crippen LogP contribution in [0.15, 0.2) is 4.99 Å². The van der Waals surface area contributed by atoms with Crippen LogP contribution in [0, 0.1) is 0 Å². The van der Waals surface area contributed by atoms with Gasteiger partial charge in [-0.1, -0.05) is 0 Å². The second-order valence-corrected chi connectivity index (χ2v) is 4.87. The third-order valence-corrected chi connectivity index (χ3v) is 2.78. The largest absolute Gasteiger partial charge is 0.379 e. The molecule has 16 heavy (non-hydrogen) atoms. The number of ether oxygens (including phenoxy) is 1. The molecule has 1 rings (SSSR count). The molecular formula is C11H21N3O2. The van der Waals surface area contributed by atoms with Crippen molar-refractivity contribution < 1.29 is 9.53 Å². The summed E-state index contributed by atoms with van der Waals surface area (Å²) >= 11 is 0. The number of aliphatic imine (C=N–C) groups is 1. The van der Waals surface area contributed by atoms with Crippen LogP contribution in [0.2, 0.25) is 0 Å². The summed E-state index contributed by atoms with van der Waals surface area (Å²) in [6, 6.07) is 0. The lowest BCUT2D eigenvalue weighted by Gasteiger charge is -2.31. The Morgan fingerprint density at radius 1 is 1.50 bits per heavy atom. The smallest absolute Gasteiger partial charge is 0.252 e. The van der Waals surface area contributed by atoms with Gasteiger partial charge in [0.15, 0.2) is 5.96 Å². The van der Waals surface area contributed by atoms with E-state index in [4.69, 9.17) is 4.74 Å². The number of guanidine groups is 1. The molecule has 1 fully saturated rings. The number of methoxy groups -OCH3 is 1. The van der Waals surface area contributed by atoms with Crippen molar-refractivity contribution in [3.8, 4) is 0 Å². The van der Waals surface area contributed by atoms with E-state index >= 15 is 0 Å². The van der Waals surface area contributed by atoms with Crippen molar-refractivity contribution in [3.63, 3.8) is 0 Å². The first-order valence-corrected chi connectivity index (χ1v) is 5.52. The Kier molecular flexibility index (Phi) is 3.57. The molecule has 1 aliphatic rings. The van der Waals surface area contributed by atoms with Gasteiger partial charge < -0.3 is 10.1 Å². The predicted octanol–water partition coefficient (Wildman–Crippen LogP) is 0.655. The van der Waals surface area contributed by atoms with Crippen molar-refractivity contribution in [2.75, 3.05) is 13.7 Å². The third kappa shape index (κ3) is 2.72. The van der Waals surface area contributed by atoms with Gasteiger partial charge in [0.2, 0.25) is 0 Å². The Bertz CT molecular complexity index is 312. The molecule has 92 valence electrons. The SMILES string of the molecule is CCN=C1NC(=O)C(C)(CC(C)(C)OC)N1. The van der Waals surface area contributed by atoms with Gasteiger partial charge >= 0.3 is 0 Å². The van der Waals surface area contributed by atoms with E-state index in [0.717, 1.165) is 0 Å². The maximum absolute atomic E-state index is 11.9. The summed E-state index contributed by atoms with van der Waals surface area (Å²) in [4.78, 5) is 16.0. The number of carbonyl (C=O) groups is 1. The lowest BCUT2D eigenvalue weighted by atomic mass is 9.88. The Morgan fingerprint density at radius 2 is 2.12 bits per heavy atom. The number of carbonyl (C=O) groups excluding carboxylic acids is 1. The second-order valence-electron chi connectivity index (χ2n) is 4.87. The molecule has 0 spiro atoms. The second kappa shape index (κ2) is 4.41. The molecule has 1 aliphatic heterocycles. The predicted molar refractivity (Wildman–Crippen MR) is 63.4 cm³/mol. The van der Waals surface area contributed by atoms with E-state index in [9.17, 15) is 4.79 Å². The Balaban J connectivity index is 2.79. The number of hydrogen-bond acceptors (Lipinski definition) is 3. The fourth-order valence-corrected chi connectivity index (χ4v) is 1.88. The molecular weight excluding hydrogens is 206 g/mol. The molecule has 1 amide bonds. The van der Waals surface area contributed by atoms with Gasteiger partial charge in [-0.3, -0.25) is 15.1 Å². The van der Waals surface area contributed by atoms with Crippen LogP contribution in [0.5, 0.6) is 0 Å². The lowest BCUT2D eigenvalue weighted by molar-refractivity contribution is -0.126. The van der Waals surface area contributed by atoms with Crippen LogP contribution in [-0.4, -0.2) is 36.7 Å². The number of nitrogens with zero attached hydrogens (tertiary/aromatic N) is 1. The van der Waals surface area contributed by atoms with Crippen molar-refractivity contribution in [1.29, 1.82) is 0 Å². The van der Waals surface area contributed by atoms with Gasteiger partial charge in [-0.2, -0.15) is 0 Å². The highest BCUT2D eigenvalue weighted by atomic mass is 16.5. The summed E-state index contributed by atoms with van der Waals surface area (Å²) in [5.41, 5.74) is -0.992. The van der Waals surface area contributed by atoms with E-state index in [2.05, 4.69) is 15.6 Å². The first kappa shape index (κ1) is 13.0. The monoisotopic (exact) mass is 227 g/mol. The topological polar surface area (TPSA) is 62.7 Å². The van der Waals surface area contributed by atoms with Gasteiger partial charge in [0.05, 0.1) is 5.60 Å². The molecule has 2 N–H and O–H groups in total. The molecule has 1 saturated heterocycles.